The molecule has 174 valence electrons. The van der Waals surface area contributed by atoms with Crippen LogP contribution in [-0.2, 0) is 6.42 Å². The molecule has 8 nitrogen and oxygen atoms in total. The molecule has 0 aliphatic carbocycles. The third kappa shape index (κ3) is 3.92. The molecule has 5 aromatic rings. The molecule has 0 atom stereocenters. The number of tetrazole rings is 1. The van der Waals surface area contributed by atoms with Crippen molar-refractivity contribution < 1.29 is 10.6 Å². The number of fused-ring (bicyclic) bond motifs is 1. The summed E-state index contributed by atoms with van der Waals surface area (Å²) in [4.78, 5) is 4.92. The van der Waals surface area contributed by atoms with Gasteiger partial charge in [0.2, 0.25) is 0 Å². The first-order chi connectivity index (χ1) is 16.1. The Kier molecular flexibility index (Phi) is 6.43. The number of aromatic nitrogens is 6. The van der Waals surface area contributed by atoms with Crippen LogP contribution in [0.15, 0.2) is 54.6 Å². The van der Waals surface area contributed by atoms with Crippen molar-refractivity contribution in [1.29, 1.82) is 0 Å². The van der Waals surface area contributed by atoms with E-state index >= 15 is 0 Å². The number of H-pyrrole nitrogens is 1. The summed E-state index contributed by atoms with van der Waals surface area (Å²) in [6.45, 7) is 6.31. The smallest absolute Gasteiger partial charge is 0.180 e. The molecule has 2 aromatic heterocycles. The molecule has 0 spiro atoms. The fourth-order valence-electron chi connectivity index (χ4n) is 4.41. The van der Waals surface area contributed by atoms with E-state index in [1.807, 2.05) is 31.2 Å². The molecule has 0 bridgehead atoms. The molecule has 0 radical (unpaired) electrons. The van der Waals surface area contributed by atoms with E-state index in [1.54, 1.807) is 6.07 Å². The first-order valence-electron chi connectivity index (χ1n) is 11.2. The second-order valence-electron chi connectivity index (χ2n) is 8.36. The Hall–Kier alpha value is -4.04. The van der Waals surface area contributed by atoms with Crippen LogP contribution in [0.3, 0.4) is 0 Å². The standard InChI is InChI=1S/C26H26N6O.H2O/c1-4-5-10-23-27-24-16(2)11-14-22(33)25(24)32(23)18-12-13-19(17(3)15-18)20-8-6-7-9-21(20)26-28-30-31-29-26;/h6-9,11-15,33H,4-5,10H2,1-3H3,(H,28,29,30,31);1H2. The number of phenolic OH excluding ortho intramolecular Hbond substituents is 1. The van der Waals surface area contributed by atoms with Crippen LogP contribution >= 0.6 is 0 Å². The van der Waals surface area contributed by atoms with E-state index < -0.39 is 0 Å². The number of hydrogen-bond acceptors (Lipinski definition) is 5. The van der Waals surface area contributed by atoms with Gasteiger partial charge in [-0.3, -0.25) is 4.57 Å². The number of aryl methyl sites for hydroxylation is 3. The summed E-state index contributed by atoms with van der Waals surface area (Å²) in [6.07, 6.45) is 2.98. The van der Waals surface area contributed by atoms with Crippen LogP contribution in [0.1, 0.15) is 36.7 Å². The number of rotatable bonds is 6. The minimum absolute atomic E-state index is 0. The van der Waals surface area contributed by atoms with Gasteiger partial charge in [0.25, 0.3) is 0 Å². The van der Waals surface area contributed by atoms with Crippen molar-refractivity contribution >= 4 is 11.0 Å². The molecular weight excluding hydrogens is 428 g/mol. The lowest BCUT2D eigenvalue weighted by molar-refractivity contribution is 0.479. The molecule has 4 N–H and O–H groups in total. The summed E-state index contributed by atoms with van der Waals surface area (Å²) >= 11 is 0. The summed E-state index contributed by atoms with van der Waals surface area (Å²) in [5, 5.41) is 25.2. The molecule has 2 heterocycles. The largest absolute Gasteiger partial charge is 0.506 e. The molecule has 8 heteroatoms. The van der Waals surface area contributed by atoms with E-state index in [-0.39, 0.29) is 11.2 Å². The van der Waals surface area contributed by atoms with E-state index in [0.717, 1.165) is 69.6 Å². The Balaban J connectivity index is 0.00000274. The topological polar surface area (TPSA) is 124 Å². The minimum atomic E-state index is 0. The molecular formula is C26H28N6O2. The van der Waals surface area contributed by atoms with Crippen LogP contribution in [0.5, 0.6) is 5.75 Å². The van der Waals surface area contributed by atoms with Crippen LogP contribution < -0.4 is 0 Å². The van der Waals surface area contributed by atoms with Crippen molar-refractivity contribution in [3.63, 3.8) is 0 Å². The van der Waals surface area contributed by atoms with Gasteiger partial charge in [-0.1, -0.05) is 49.7 Å². The highest BCUT2D eigenvalue weighted by molar-refractivity contribution is 5.88. The van der Waals surface area contributed by atoms with E-state index in [2.05, 4.69) is 63.3 Å². The number of hydrogen-bond donors (Lipinski definition) is 2. The Bertz CT molecular complexity index is 1440. The van der Waals surface area contributed by atoms with Gasteiger partial charge in [0.05, 0.1) is 5.52 Å². The van der Waals surface area contributed by atoms with Gasteiger partial charge < -0.3 is 10.6 Å². The Morgan fingerprint density at radius 3 is 2.44 bits per heavy atom. The average Bonchev–Trinajstić information content (AvgIpc) is 3.49. The van der Waals surface area contributed by atoms with Crippen molar-refractivity contribution in [2.24, 2.45) is 0 Å². The van der Waals surface area contributed by atoms with Crippen LogP contribution in [0.25, 0.3) is 39.2 Å². The van der Waals surface area contributed by atoms with Gasteiger partial charge in [0, 0.05) is 17.7 Å². The lowest BCUT2D eigenvalue weighted by Gasteiger charge is -2.15. The number of benzene rings is 3. The van der Waals surface area contributed by atoms with Gasteiger partial charge in [0.1, 0.15) is 17.1 Å². The van der Waals surface area contributed by atoms with Crippen LogP contribution in [0.2, 0.25) is 0 Å². The van der Waals surface area contributed by atoms with Crippen molar-refractivity contribution in [3.8, 4) is 34.0 Å². The molecule has 0 amide bonds. The zero-order valence-corrected chi connectivity index (χ0v) is 19.5. The summed E-state index contributed by atoms with van der Waals surface area (Å²) in [5.41, 5.74) is 7.89. The third-order valence-corrected chi connectivity index (χ3v) is 6.09. The maximum atomic E-state index is 10.7. The fourth-order valence-corrected chi connectivity index (χ4v) is 4.41. The Morgan fingerprint density at radius 1 is 0.941 bits per heavy atom. The number of aromatic amines is 1. The molecule has 34 heavy (non-hydrogen) atoms. The quantitative estimate of drug-likeness (QED) is 0.383. The first kappa shape index (κ1) is 23.1. The highest BCUT2D eigenvalue weighted by Gasteiger charge is 2.18. The predicted molar refractivity (Wildman–Crippen MR) is 133 cm³/mol. The summed E-state index contributed by atoms with van der Waals surface area (Å²) in [6, 6.07) is 18.1. The highest BCUT2D eigenvalue weighted by Crippen LogP contribution is 2.35. The SMILES string of the molecule is CCCCc1nc2c(C)ccc(O)c2n1-c1ccc(-c2ccccc2-c2nnn[nH]2)c(C)c1.O. The van der Waals surface area contributed by atoms with Crippen LogP contribution in [-0.4, -0.2) is 40.8 Å². The molecule has 3 aromatic carbocycles. The van der Waals surface area contributed by atoms with Crippen molar-refractivity contribution in [2.45, 2.75) is 40.0 Å². The molecule has 0 saturated heterocycles. The summed E-state index contributed by atoms with van der Waals surface area (Å²) in [5.74, 6) is 1.85. The van der Waals surface area contributed by atoms with Crippen LogP contribution in [0.4, 0.5) is 0 Å². The zero-order valence-electron chi connectivity index (χ0n) is 19.5. The molecule has 0 aliphatic rings. The molecule has 0 aliphatic heterocycles. The zero-order chi connectivity index (χ0) is 22.9. The number of aromatic hydroxyl groups is 1. The minimum Gasteiger partial charge on any atom is -0.506 e. The number of phenols is 1. The van der Waals surface area contributed by atoms with Gasteiger partial charge in [-0.15, -0.1) is 5.10 Å². The fraction of sp³-hybridized carbons (Fsp3) is 0.231. The number of imidazole rings is 1. The molecule has 0 saturated carbocycles. The molecule has 0 unspecified atom stereocenters. The Morgan fingerprint density at radius 2 is 1.74 bits per heavy atom. The van der Waals surface area contributed by atoms with Crippen molar-refractivity contribution in [1.82, 2.24) is 30.2 Å². The molecule has 5 rings (SSSR count). The van der Waals surface area contributed by atoms with Gasteiger partial charge >= 0.3 is 0 Å². The van der Waals surface area contributed by atoms with E-state index in [4.69, 9.17) is 4.98 Å². The first-order valence-corrected chi connectivity index (χ1v) is 11.2. The average molecular weight is 457 g/mol. The third-order valence-electron chi connectivity index (χ3n) is 6.09. The maximum Gasteiger partial charge on any atom is 0.180 e. The van der Waals surface area contributed by atoms with Gasteiger partial charge in [-0.05, 0) is 71.1 Å². The van der Waals surface area contributed by atoms with Gasteiger partial charge in [-0.25, -0.2) is 10.1 Å². The van der Waals surface area contributed by atoms with Crippen molar-refractivity contribution in [2.75, 3.05) is 0 Å². The van der Waals surface area contributed by atoms with Gasteiger partial charge in [0.15, 0.2) is 5.82 Å². The van der Waals surface area contributed by atoms with E-state index in [0.29, 0.717) is 5.82 Å². The maximum absolute atomic E-state index is 10.7. The van der Waals surface area contributed by atoms with E-state index in [1.165, 1.54) is 0 Å². The normalized spacial score (nSPS) is 11.0. The number of nitrogens with one attached hydrogen (secondary N) is 1. The monoisotopic (exact) mass is 456 g/mol. The predicted octanol–water partition coefficient (Wildman–Crippen LogP) is 4.71. The highest BCUT2D eigenvalue weighted by atomic mass is 16.3. The summed E-state index contributed by atoms with van der Waals surface area (Å²) < 4.78 is 2.11. The molecule has 0 fully saturated rings. The lowest BCUT2D eigenvalue weighted by Crippen LogP contribution is -2.02. The lowest BCUT2D eigenvalue weighted by atomic mass is 9.95. The second-order valence-corrected chi connectivity index (χ2v) is 8.36. The van der Waals surface area contributed by atoms with Crippen LogP contribution in [0, 0.1) is 13.8 Å². The number of nitrogens with zero attached hydrogens (tertiary/aromatic N) is 5. The number of unbranched alkanes of at least 4 members (excludes halogenated alkanes) is 1. The van der Waals surface area contributed by atoms with Crippen molar-refractivity contribution in [3.05, 3.63) is 71.5 Å². The Labute approximate surface area is 197 Å². The van der Waals surface area contributed by atoms with Gasteiger partial charge in [-0.2, -0.15) is 0 Å². The van der Waals surface area contributed by atoms with E-state index in [9.17, 15) is 5.11 Å². The summed E-state index contributed by atoms with van der Waals surface area (Å²) in [7, 11) is 0. The second kappa shape index (κ2) is 9.44.